The molecular formula is C8H14O2S. The molecule has 2 aliphatic heterocycles. The molecule has 2 fully saturated rings. The highest BCUT2D eigenvalue weighted by atomic mass is 32.2. The van der Waals surface area contributed by atoms with Gasteiger partial charge >= 0.3 is 0 Å². The van der Waals surface area contributed by atoms with Crippen molar-refractivity contribution in [1.29, 1.82) is 0 Å². The van der Waals surface area contributed by atoms with Gasteiger partial charge in [0.2, 0.25) is 0 Å². The number of hydrogen-bond donors (Lipinski definition) is 0. The van der Waals surface area contributed by atoms with Crippen LogP contribution < -0.4 is 0 Å². The van der Waals surface area contributed by atoms with Gasteiger partial charge in [-0.25, -0.2) is 0 Å². The maximum Gasteiger partial charge on any atom is 0.0648 e. The van der Waals surface area contributed by atoms with Gasteiger partial charge in [-0.15, -0.1) is 0 Å². The number of ether oxygens (including phenoxy) is 2. The smallest absolute Gasteiger partial charge is 0.0648 e. The van der Waals surface area contributed by atoms with E-state index in [9.17, 15) is 0 Å². The third-order valence-corrected chi connectivity index (χ3v) is 3.82. The molecule has 2 aliphatic rings. The summed E-state index contributed by atoms with van der Waals surface area (Å²) in [4.78, 5) is 0. The third kappa shape index (κ3) is 1.71. The van der Waals surface area contributed by atoms with Gasteiger partial charge in [-0.3, -0.25) is 0 Å². The molecule has 0 unspecified atom stereocenters. The highest BCUT2D eigenvalue weighted by Gasteiger charge is 2.38. The molecule has 3 heteroatoms. The van der Waals surface area contributed by atoms with Crippen LogP contribution in [0.4, 0.5) is 0 Å². The Kier molecular flexibility index (Phi) is 2.39. The summed E-state index contributed by atoms with van der Waals surface area (Å²) in [6, 6.07) is 0. The summed E-state index contributed by atoms with van der Waals surface area (Å²) in [5.41, 5.74) is 0. The van der Waals surface area contributed by atoms with Crippen molar-refractivity contribution in [3.8, 4) is 0 Å². The van der Waals surface area contributed by atoms with Gasteiger partial charge in [-0.1, -0.05) is 0 Å². The van der Waals surface area contributed by atoms with E-state index < -0.39 is 0 Å². The lowest BCUT2D eigenvalue weighted by Crippen LogP contribution is -2.48. The normalized spacial score (nSPS) is 30.5. The summed E-state index contributed by atoms with van der Waals surface area (Å²) in [7, 11) is 0. The zero-order valence-electron chi connectivity index (χ0n) is 6.67. The fourth-order valence-electron chi connectivity index (χ4n) is 1.44. The molecule has 0 aliphatic carbocycles. The SMILES string of the molecule is C1COCCC2(COC2)SC1. The van der Waals surface area contributed by atoms with Gasteiger partial charge in [0, 0.05) is 13.2 Å². The first kappa shape index (κ1) is 7.90. The third-order valence-electron chi connectivity index (χ3n) is 2.27. The molecule has 0 N–H and O–H groups in total. The molecule has 2 rings (SSSR count). The lowest BCUT2D eigenvalue weighted by Gasteiger charge is -2.41. The van der Waals surface area contributed by atoms with Crippen LogP contribution >= 0.6 is 11.8 Å². The van der Waals surface area contributed by atoms with Gasteiger partial charge < -0.3 is 9.47 Å². The van der Waals surface area contributed by atoms with E-state index in [4.69, 9.17) is 9.47 Å². The summed E-state index contributed by atoms with van der Waals surface area (Å²) >= 11 is 2.08. The van der Waals surface area contributed by atoms with Crippen LogP contribution in [0.3, 0.4) is 0 Å². The minimum Gasteiger partial charge on any atom is -0.381 e. The predicted octanol–water partition coefficient (Wildman–Crippen LogP) is 1.30. The second-order valence-electron chi connectivity index (χ2n) is 3.24. The van der Waals surface area contributed by atoms with Crippen molar-refractivity contribution in [2.75, 3.05) is 32.2 Å². The van der Waals surface area contributed by atoms with E-state index >= 15 is 0 Å². The molecule has 1 spiro atoms. The van der Waals surface area contributed by atoms with E-state index in [1.165, 1.54) is 18.6 Å². The Morgan fingerprint density at radius 3 is 2.73 bits per heavy atom. The van der Waals surface area contributed by atoms with E-state index in [2.05, 4.69) is 11.8 Å². The van der Waals surface area contributed by atoms with Crippen molar-refractivity contribution in [3.05, 3.63) is 0 Å². The Bertz CT molecular complexity index is 124. The Balaban J connectivity index is 1.86. The molecule has 64 valence electrons. The van der Waals surface area contributed by atoms with E-state index in [1.807, 2.05) is 0 Å². The van der Waals surface area contributed by atoms with Crippen LogP contribution in [0.1, 0.15) is 12.8 Å². The topological polar surface area (TPSA) is 18.5 Å². The minimum absolute atomic E-state index is 0.445. The molecule has 0 aromatic heterocycles. The lowest BCUT2D eigenvalue weighted by molar-refractivity contribution is -0.0258. The Morgan fingerprint density at radius 1 is 1.09 bits per heavy atom. The Labute approximate surface area is 71.6 Å². The van der Waals surface area contributed by atoms with Crippen molar-refractivity contribution >= 4 is 11.8 Å². The molecule has 2 heterocycles. The number of rotatable bonds is 0. The summed E-state index contributed by atoms with van der Waals surface area (Å²) < 4.78 is 11.1. The largest absolute Gasteiger partial charge is 0.381 e. The van der Waals surface area contributed by atoms with Gasteiger partial charge in [0.1, 0.15) is 0 Å². The zero-order chi connectivity index (χ0) is 7.57. The second-order valence-corrected chi connectivity index (χ2v) is 4.80. The van der Waals surface area contributed by atoms with Crippen molar-refractivity contribution in [1.82, 2.24) is 0 Å². The van der Waals surface area contributed by atoms with Crippen LogP contribution in [0.25, 0.3) is 0 Å². The summed E-state index contributed by atoms with van der Waals surface area (Å²) in [5.74, 6) is 1.24. The predicted molar refractivity (Wildman–Crippen MR) is 46.1 cm³/mol. The highest BCUT2D eigenvalue weighted by molar-refractivity contribution is 8.00. The van der Waals surface area contributed by atoms with Crippen LogP contribution in [0.2, 0.25) is 0 Å². The van der Waals surface area contributed by atoms with Crippen LogP contribution in [0.15, 0.2) is 0 Å². The standard InChI is InChI=1S/C8H14O2S/c1-3-9-4-2-8(11-5-1)6-10-7-8/h1-7H2. The molecule has 2 nitrogen and oxygen atoms in total. The van der Waals surface area contributed by atoms with Gasteiger partial charge in [0.25, 0.3) is 0 Å². The van der Waals surface area contributed by atoms with Crippen molar-refractivity contribution in [2.24, 2.45) is 0 Å². The van der Waals surface area contributed by atoms with Crippen LogP contribution in [0, 0.1) is 0 Å². The average Bonchev–Trinajstić information content (AvgIpc) is 1.82. The number of thioether (sulfide) groups is 1. The van der Waals surface area contributed by atoms with Gasteiger partial charge in [0.15, 0.2) is 0 Å². The maximum absolute atomic E-state index is 5.44. The average molecular weight is 174 g/mol. The minimum atomic E-state index is 0.445. The van der Waals surface area contributed by atoms with Crippen LogP contribution in [-0.2, 0) is 9.47 Å². The summed E-state index contributed by atoms with van der Waals surface area (Å²) in [6.45, 7) is 3.77. The van der Waals surface area contributed by atoms with E-state index in [0.717, 1.165) is 26.4 Å². The first-order valence-corrected chi connectivity index (χ1v) is 5.19. The molecule has 11 heavy (non-hydrogen) atoms. The number of hydrogen-bond acceptors (Lipinski definition) is 3. The second kappa shape index (κ2) is 3.33. The quantitative estimate of drug-likeness (QED) is 0.551. The summed E-state index contributed by atoms with van der Waals surface area (Å²) in [5, 5.41) is 0. The molecule has 0 amide bonds. The van der Waals surface area contributed by atoms with E-state index in [-0.39, 0.29) is 0 Å². The van der Waals surface area contributed by atoms with E-state index in [0.29, 0.717) is 4.75 Å². The lowest BCUT2D eigenvalue weighted by atomic mass is 10.0. The highest BCUT2D eigenvalue weighted by Crippen LogP contribution is 2.37. The molecule has 2 saturated heterocycles. The van der Waals surface area contributed by atoms with Crippen molar-refractivity contribution in [2.45, 2.75) is 17.6 Å². The van der Waals surface area contributed by atoms with Gasteiger partial charge in [0.05, 0.1) is 18.0 Å². The molecule has 0 saturated carbocycles. The van der Waals surface area contributed by atoms with E-state index in [1.54, 1.807) is 0 Å². The van der Waals surface area contributed by atoms with Crippen LogP contribution in [0.5, 0.6) is 0 Å². The Hall–Kier alpha value is 0.270. The van der Waals surface area contributed by atoms with Crippen molar-refractivity contribution in [3.63, 3.8) is 0 Å². The first-order chi connectivity index (χ1) is 5.41. The fourth-order valence-corrected chi connectivity index (χ4v) is 2.70. The zero-order valence-corrected chi connectivity index (χ0v) is 7.49. The monoisotopic (exact) mass is 174 g/mol. The Morgan fingerprint density at radius 2 is 2.00 bits per heavy atom. The molecule has 0 aromatic rings. The van der Waals surface area contributed by atoms with Gasteiger partial charge in [-0.2, -0.15) is 11.8 Å². The molecule has 0 bridgehead atoms. The molecule has 0 atom stereocenters. The molecular weight excluding hydrogens is 160 g/mol. The summed E-state index contributed by atoms with van der Waals surface area (Å²) in [6.07, 6.45) is 2.38. The molecule has 0 radical (unpaired) electrons. The van der Waals surface area contributed by atoms with Crippen molar-refractivity contribution < 1.29 is 9.47 Å². The van der Waals surface area contributed by atoms with Gasteiger partial charge in [-0.05, 0) is 18.6 Å². The van der Waals surface area contributed by atoms with Crippen LogP contribution in [-0.4, -0.2) is 36.9 Å². The fraction of sp³-hybridized carbons (Fsp3) is 1.00. The first-order valence-electron chi connectivity index (χ1n) is 4.21. The molecule has 0 aromatic carbocycles. The maximum atomic E-state index is 5.44.